The van der Waals surface area contributed by atoms with Crippen LogP contribution in [-0.4, -0.2) is 6.04 Å². The van der Waals surface area contributed by atoms with Gasteiger partial charge < -0.3 is 9.80 Å². The molecule has 0 saturated carbocycles. The van der Waals surface area contributed by atoms with E-state index in [4.69, 9.17) is 0 Å². The molecule has 0 radical (unpaired) electrons. The van der Waals surface area contributed by atoms with E-state index in [0.29, 0.717) is 5.92 Å². The second kappa shape index (κ2) is 13.3. The third kappa shape index (κ3) is 5.41. The lowest BCUT2D eigenvalue weighted by Gasteiger charge is -2.30. The van der Waals surface area contributed by atoms with Crippen LogP contribution in [0.5, 0.6) is 0 Å². The molecule has 264 valence electrons. The van der Waals surface area contributed by atoms with E-state index in [1.807, 2.05) is 0 Å². The summed E-state index contributed by atoms with van der Waals surface area (Å²) in [6.45, 7) is 0. The van der Waals surface area contributed by atoms with Crippen molar-refractivity contribution in [1.82, 2.24) is 0 Å². The Kier molecular flexibility index (Phi) is 7.67. The minimum Gasteiger partial charge on any atom is -0.333 e. The van der Waals surface area contributed by atoms with Crippen LogP contribution >= 0.6 is 0 Å². The number of anilines is 5. The SMILES string of the molecule is C1=CC2c3ccc(N(c4ccc(-c5ccc6ccc7c8ccccc8ccc7c6c5)cc4)c4cccc(-c5ccccc5)c4)cc3N(c3ccccc3)C2C=C1. The lowest BCUT2D eigenvalue weighted by molar-refractivity contribution is 0.745. The first-order valence-corrected chi connectivity index (χ1v) is 19.5. The van der Waals surface area contributed by atoms with Crippen molar-refractivity contribution in [3.8, 4) is 22.3 Å². The average Bonchev–Trinajstić information content (AvgIpc) is 3.61. The van der Waals surface area contributed by atoms with E-state index in [-0.39, 0.29) is 6.04 Å². The second-order valence-corrected chi connectivity index (χ2v) is 14.9. The maximum Gasteiger partial charge on any atom is 0.0629 e. The zero-order chi connectivity index (χ0) is 37.0. The molecule has 1 aliphatic heterocycles. The van der Waals surface area contributed by atoms with Crippen molar-refractivity contribution in [2.75, 3.05) is 9.80 Å². The topological polar surface area (TPSA) is 6.48 Å². The van der Waals surface area contributed by atoms with Gasteiger partial charge in [0, 0.05) is 34.4 Å². The Morgan fingerprint density at radius 2 is 0.982 bits per heavy atom. The number of para-hydroxylation sites is 1. The molecule has 2 nitrogen and oxygen atoms in total. The van der Waals surface area contributed by atoms with Crippen molar-refractivity contribution in [1.29, 1.82) is 0 Å². The zero-order valence-corrected chi connectivity index (χ0v) is 30.8. The maximum absolute atomic E-state index is 2.51. The van der Waals surface area contributed by atoms with Gasteiger partial charge in [-0.15, -0.1) is 0 Å². The van der Waals surface area contributed by atoms with Gasteiger partial charge in [0.1, 0.15) is 0 Å². The molecule has 1 heterocycles. The molecule has 0 fully saturated rings. The molecule has 0 N–H and O–H groups in total. The van der Waals surface area contributed by atoms with E-state index in [9.17, 15) is 0 Å². The highest BCUT2D eigenvalue weighted by Gasteiger charge is 2.37. The van der Waals surface area contributed by atoms with Crippen molar-refractivity contribution < 1.29 is 0 Å². The Morgan fingerprint density at radius 3 is 1.82 bits per heavy atom. The van der Waals surface area contributed by atoms with E-state index in [1.165, 1.54) is 71.5 Å². The van der Waals surface area contributed by atoms with Gasteiger partial charge in [0.2, 0.25) is 0 Å². The molecule has 0 aromatic heterocycles. The predicted molar refractivity (Wildman–Crippen MR) is 238 cm³/mol. The molecule has 2 unspecified atom stereocenters. The Hall–Kier alpha value is -7.16. The molecular weight excluding hydrogens is 677 g/mol. The first-order valence-electron chi connectivity index (χ1n) is 19.5. The summed E-state index contributed by atoms with van der Waals surface area (Å²) in [4.78, 5) is 4.92. The van der Waals surface area contributed by atoms with E-state index >= 15 is 0 Å². The molecule has 9 aromatic rings. The minimum atomic E-state index is 0.236. The summed E-state index contributed by atoms with van der Waals surface area (Å²) in [5.41, 5.74) is 12.0. The normalized spacial score (nSPS) is 15.7. The summed E-state index contributed by atoms with van der Waals surface area (Å²) in [6.07, 6.45) is 9.07. The van der Waals surface area contributed by atoms with Crippen LogP contribution in [-0.2, 0) is 0 Å². The van der Waals surface area contributed by atoms with Gasteiger partial charge in [0.25, 0.3) is 0 Å². The van der Waals surface area contributed by atoms with Gasteiger partial charge in [-0.05, 0) is 115 Å². The van der Waals surface area contributed by atoms with Gasteiger partial charge in [-0.3, -0.25) is 0 Å². The van der Waals surface area contributed by atoms with E-state index in [0.717, 1.165) is 17.1 Å². The summed E-state index contributed by atoms with van der Waals surface area (Å²) in [5.74, 6) is 0.302. The maximum atomic E-state index is 2.51. The monoisotopic (exact) mass is 714 g/mol. The molecule has 0 amide bonds. The van der Waals surface area contributed by atoms with Crippen LogP contribution in [0, 0.1) is 0 Å². The second-order valence-electron chi connectivity index (χ2n) is 14.9. The average molecular weight is 715 g/mol. The fourth-order valence-electron chi connectivity index (χ4n) is 9.05. The number of nitrogens with zero attached hydrogens (tertiary/aromatic N) is 2. The van der Waals surface area contributed by atoms with Gasteiger partial charge in [-0.1, -0.05) is 164 Å². The number of benzene rings is 9. The predicted octanol–water partition coefficient (Wildman–Crippen LogP) is 14.7. The van der Waals surface area contributed by atoms with Crippen LogP contribution in [0.1, 0.15) is 11.5 Å². The number of rotatable bonds is 6. The van der Waals surface area contributed by atoms with Gasteiger partial charge in [-0.2, -0.15) is 0 Å². The van der Waals surface area contributed by atoms with Crippen LogP contribution in [0.15, 0.2) is 218 Å². The zero-order valence-electron chi connectivity index (χ0n) is 30.8. The summed E-state index contributed by atoms with van der Waals surface area (Å²) in [6, 6.07) is 71.4. The van der Waals surface area contributed by atoms with Crippen molar-refractivity contribution in [2.45, 2.75) is 12.0 Å². The first-order chi connectivity index (χ1) is 27.8. The Balaban J connectivity index is 1.03. The van der Waals surface area contributed by atoms with E-state index in [1.54, 1.807) is 0 Å². The lowest BCUT2D eigenvalue weighted by Crippen LogP contribution is -2.28. The van der Waals surface area contributed by atoms with Crippen molar-refractivity contribution in [3.63, 3.8) is 0 Å². The van der Waals surface area contributed by atoms with Crippen molar-refractivity contribution in [3.05, 3.63) is 224 Å². The molecule has 2 aliphatic rings. The van der Waals surface area contributed by atoms with Gasteiger partial charge in [0.05, 0.1) is 6.04 Å². The molecular formula is C54H38N2. The summed E-state index contributed by atoms with van der Waals surface area (Å²) < 4.78 is 0. The molecule has 11 rings (SSSR count). The highest BCUT2D eigenvalue weighted by Crippen LogP contribution is 2.50. The lowest BCUT2D eigenvalue weighted by atomic mass is 9.91. The van der Waals surface area contributed by atoms with Crippen LogP contribution in [0.4, 0.5) is 28.4 Å². The highest BCUT2D eigenvalue weighted by atomic mass is 15.2. The molecule has 56 heavy (non-hydrogen) atoms. The van der Waals surface area contributed by atoms with E-state index < -0.39 is 0 Å². The molecule has 9 aromatic carbocycles. The number of hydrogen-bond acceptors (Lipinski definition) is 2. The summed E-state index contributed by atoms with van der Waals surface area (Å²) >= 11 is 0. The Morgan fingerprint density at radius 1 is 0.375 bits per heavy atom. The highest BCUT2D eigenvalue weighted by molar-refractivity contribution is 6.17. The molecule has 0 saturated heterocycles. The van der Waals surface area contributed by atoms with Crippen LogP contribution < -0.4 is 9.80 Å². The smallest absolute Gasteiger partial charge is 0.0629 e. The van der Waals surface area contributed by atoms with Crippen LogP contribution in [0.2, 0.25) is 0 Å². The molecule has 2 atom stereocenters. The molecule has 2 heteroatoms. The standard InChI is InChI=1S/C54H38N2/c1-3-12-37(13-4-1)41-15-11-18-45(34-41)55(46-30-33-51-50-20-9-10-21-53(50)56(54(51)36-46)43-16-5-2-6-17-43)44-28-24-38(25-29-44)42-23-22-40-27-31-48-47-19-8-7-14-39(47)26-32-49(48)52(40)35-42/h1-36,50,53H. The fourth-order valence-corrected chi connectivity index (χ4v) is 9.05. The molecule has 1 aliphatic carbocycles. The van der Waals surface area contributed by atoms with Gasteiger partial charge in [0.15, 0.2) is 0 Å². The third-order valence-electron chi connectivity index (χ3n) is 11.7. The summed E-state index contributed by atoms with van der Waals surface area (Å²) in [5, 5.41) is 7.68. The van der Waals surface area contributed by atoms with Crippen molar-refractivity contribution in [2.24, 2.45) is 0 Å². The Labute approximate surface area is 327 Å². The molecule has 0 spiro atoms. The minimum absolute atomic E-state index is 0.236. The number of allylic oxidation sites excluding steroid dienone is 2. The largest absolute Gasteiger partial charge is 0.333 e. The fraction of sp³-hybridized carbons (Fsp3) is 0.0370. The summed E-state index contributed by atoms with van der Waals surface area (Å²) in [7, 11) is 0. The Bertz CT molecular complexity index is 2980. The number of fused-ring (bicyclic) bond motifs is 8. The first kappa shape index (κ1) is 32.3. The molecule has 0 bridgehead atoms. The van der Waals surface area contributed by atoms with Gasteiger partial charge >= 0.3 is 0 Å². The third-order valence-corrected chi connectivity index (χ3v) is 11.7. The quantitative estimate of drug-likeness (QED) is 0.158. The van der Waals surface area contributed by atoms with Crippen molar-refractivity contribution >= 4 is 60.8 Å². The van der Waals surface area contributed by atoms with Crippen LogP contribution in [0.3, 0.4) is 0 Å². The van der Waals surface area contributed by atoms with Crippen LogP contribution in [0.25, 0.3) is 54.6 Å². The number of hydrogen-bond donors (Lipinski definition) is 0. The van der Waals surface area contributed by atoms with Gasteiger partial charge in [-0.25, -0.2) is 0 Å². The van der Waals surface area contributed by atoms with E-state index in [2.05, 4.69) is 228 Å².